The molecule has 0 radical (unpaired) electrons. The lowest BCUT2D eigenvalue weighted by Gasteiger charge is -2.15. The summed E-state index contributed by atoms with van der Waals surface area (Å²) in [5.41, 5.74) is 1.14. The predicted octanol–water partition coefficient (Wildman–Crippen LogP) is 1.21. The SMILES string of the molecule is CN=C(NCCc1ccccc1OC)NCC(C)C(=O)OC. The van der Waals surface area contributed by atoms with Crippen LogP contribution in [0.3, 0.4) is 0 Å². The number of ether oxygens (including phenoxy) is 2. The van der Waals surface area contributed by atoms with Crippen molar-refractivity contribution in [1.29, 1.82) is 0 Å². The lowest BCUT2D eigenvalue weighted by atomic mass is 10.1. The Bertz CT molecular complexity index is 503. The van der Waals surface area contributed by atoms with Crippen LogP contribution in [0.25, 0.3) is 0 Å². The maximum absolute atomic E-state index is 11.3. The van der Waals surface area contributed by atoms with E-state index in [1.165, 1.54) is 7.11 Å². The van der Waals surface area contributed by atoms with Crippen molar-refractivity contribution in [2.24, 2.45) is 10.9 Å². The largest absolute Gasteiger partial charge is 0.496 e. The summed E-state index contributed by atoms with van der Waals surface area (Å²) in [4.78, 5) is 15.5. The molecule has 6 nitrogen and oxygen atoms in total. The van der Waals surface area contributed by atoms with Crippen LogP contribution in [0.4, 0.5) is 0 Å². The number of methoxy groups -OCH3 is 2. The van der Waals surface area contributed by atoms with Gasteiger partial charge in [-0.1, -0.05) is 25.1 Å². The monoisotopic (exact) mass is 307 g/mol. The molecule has 0 aliphatic rings. The molecule has 0 aliphatic carbocycles. The van der Waals surface area contributed by atoms with Crippen molar-refractivity contribution in [3.63, 3.8) is 0 Å². The van der Waals surface area contributed by atoms with Gasteiger partial charge < -0.3 is 20.1 Å². The van der Waals surface area contributed by atoms with E-state index in [4.69, 9.17) is 4.74 Å². The van der Waals surface area contributed by atoms with Gasteiger partial charge in [-0.05, 0) is 18.1 Å². The quantitative estimate of drug-likeness (QED) is 0.450. The molecule has 0 bridgehead atoms. The van der Waals surface area contributed by atoms with Crippen LogP contribution in [0.1, 0.15) is 12.5 Å². The molecule has 0 saturated carbocycles. The van der Waals surface area contributed by atoms with E-state index < -0.39 is 0 Å². The second-order valence-electron chi connectivity index (χ2n) is 4.87. The first-order chi connectivity index (χ1) is 10.6. The van der Waals surface area contributed by atoms with Crippen LogP contribution >= 0.6 is 0 Å². The van der Waals surface area contributed by atoms with Crippen molar-refractivity contribution in [3.05, 3.63) is 29.8 Å². The van der Waals surface area contributed by atoms with Crippen LogP contribution < -0.4 is 15.4 Å². The van der Waals surface area contributed by atoms with E-state index in [0.717, 1.165) is 17.7 Å². The molecule has 1 unspecified atom stereocenters. The average molecular weight is 307 g/mol. The molecule has 1 rings (SSSR count). The van der Waals surface area contributed by atoms with Crippen molar-refractivity contribution in [1.82, 2.24) is 10.6 Å². The minimum Gasteiger partial charge on any atom is -0.496 e. The fraction of sp³-hybridized carbons (Fsp3) is 0.500. The Labute approximate surface area is 131 Å². The third kappa shape index (κ3) is 5.63. The smallest absolute Gasteiger partial charge is 0.310 e. The highest BCUT2D eigenvalue weighted by molar-refractivity contribution is 5.80. The van der Waals surface area contributed by atoms with E-state index in [9.17, 15) is 4.79 Å². The van der Waals surface area contributed by atoms with Crippen LogP contribution in [0.2, 0.25) is 0 Å². The molecular formula is C16H25N3O3. The topological polar surface area (TPSA) is 72.0 Å². The number of aliphatic imine (C=N–C) groups is 1. The van der Waals surface area contributed by atoms with Crippen molar-refractivity contribution < 1.29 is 14.3 Å². The van der Waals surface area contributed by atoms with Crippen molar-refractivity contribution in [2.75, 3.05) is 34.4 Å². The molecule has 6 heteroatoms. The minimum atomic E-state index is -0.239. The van der Waals surface area contributed by atoms with E-state index in [1.54, 1.807) is 21.1 Å². The summed E-state index contributed by atoms with van der Waals surface area (Å²) >= 11 is 0. The first-order valence-corrected chi connectivity index (χ1v) is 7.26. The van der Waals surface area contributed by atoms with E-state index >= 15 is 0 Å². The van der Waals surface area contributed by atoms with Crippen molar-refractivity contribution >= 4 is 11.9 Å². The van der Waals surface area contributed by atoms with E-state index in [1.807, 2.05) is 24.3 Å². The number of nitrogens with zero attached hydrogens (tertiary/aromatic N) is 1. The zero-order valence-corrected chi connectivity index (χ0v) is 13.7. The number of hydrogen-bond donors (Lipinski definition) is 2. The van der Waals surface area contributed by atoms with E-state index in [-0.39, 0.29) is 11.9 Å². The van der Waals surface area contributed by atoms with Crippen LogP contribution in [0.15, 0.2) is 29.3 Å². The highest BCUT2D eigenvalue weighted by Gasteiger charge is 2.13. The molecule has 1 atom stereocenters. The molecule has 1 aromatic carbocycles. The molecule has 0 aromatic heterocycles. The van der Waals surface area contributed by atoms with Gasteiger partial charge in [0.2, 0.25) is 0 Å². The fourth-order valence-electron chi connectivity index (χ4n) is 1.98. The van der Waals surface area contributed by atoms with Crippen LogP contribution in [0.5, 0.6) is 5.75 Å². The van der Waals surface area contributed by atoms with Crippen molar-refractivity contribution in [3.8, 4) is 5.75 Å². The fourth-order valence-corrected chi connectivity index (χ4v) is 1.98. The van der Waals surface area contributed by atoms with E-state index in [2.05, 4.69) is 20.4 Å². The molecule has 0 amide bonds. The zero-order valence-electron chi connectivity index (χ0n) is 13.7. The molecule has 0 fully saturated rings. The summed E-state index contributed by atoms with van der Waals surface area (Å²) in [6.45, 7) is 2.99. The Morgan fingerprint density at radius 3 is 2.64 bits per heavy atom. The normalized spacial score (nSPS) is 12.5. The van der Waals surface area contributed by atoms with Crippen molar-refractivity contribution in [2.45, 2.75) is 13.3 Å². The number of guanidine groups is 1. The summed E-state index contributed by atoms with van der Waals surface area (Å²) in [6, 6.07) is 7.92. The third-order valence-electron chi connectivity index (χ3n) is 3.28. The molecule has 1 aromatic rings. The maximum atomic E-state index is 11.3. The first kappa shape index (κ1) is 17.8. The van der Waals surface area contributed by atoms with Crippen LogP contribution in [-0.2, 0) is 16.0 Å². The highest BCUT2D eigenvalue weighted by Crippen LogP contribution is 2.17. The molecule has 0 aliphatic heterocycles. The molecule has 0 heterocycles. The number of hydrogen-bond acceptors (Lipinski definition) is 4. The summed E-state index contributed by atoms with van der Waals surface area (Å²) in [5, 5.41) is 6.32. The Morgan fingerprint density at radius 2 is 2.00 bits per heavy atom. The summed E-state index contributed by atoms with van der Waals surface area (Å²) in [7, 11) is 4.75. The summed E-state index contributed by atoms with van der Waals surface area (Å²) < 4.78 is 10.0. The zero-order chi connectivity index (χ0) is 16.4. The Kier molecular flexibility index (Phi) is 7.81. The maximum Gasteiger partial charge on any atom is 0.310 e. The molecule has 2 N–H and O–H groups in total. The Morgan fingerprint density at radius 1 is 1.27 bits per heavy atom. The average Bonchev–Trinajstić information content (AvgIpc) is 2.57. The number of esters is 1. The minimum absolute atomic E-state index is 0.224. The Balaban J connectivity index is 2.40. The standard InChI is InChI=1S/C16H25N3O3/c1-12(15(20)22-4)11-19-16(17-2)18-10-9-13-7-5-6-8-14(13)21-3/h5-8,12H,9-11H2,1-4H3,(H2,17,18,19). The van der Waals surface area contributed by atoms with Gasteiger partial charge >= 0.3 is 5.97 Å². The van der Waals surface area contributed by atoms with Gasteiger partial charge in [0.05, 0.1) is 20.1 Å². The van der Waals surface area contributed by atoms with Gasteiger partial charge in [-0.25, -0.2) is 0 Å². The van der Waals surface area contributed by atoms with Crippen LogP contribution in [0, 0.1) is 5.92 Å². The number of carbonyl (C=O) groups is 1. The first-order valence-electron chi connectivity index (χ1n) is 7.26. The lowest BCUT2D eigenvalue weighted by Crippen LogP contribution is -2.41. The van der Waals surface area contributed by atoms with Gasteiger partial charge in [0.1, 0.15) is 5.75 Å². The molecule has 122 valence electrons. The van der Waals surface area contributed by atoms with Gasteiger partial charge in [-0.15, -0.1) is 0 Å². The number of para-hydroxylation sites is 1. The molecular weight excluding hydrogens is 282 g/mol. The van der Waals surface area contributed by atoms with Crippen LogP contribution in [-0.4, -0.2) is 46.3 Å². The second-order valence-corrected chi connectivity index (χ2v) is 4.87. The number of benzene rings is 1. The summed E-state index contributed by atoms with van der Waals surface area (Å²) in [6.07, 6.45) is 0.817. The highest BCUT2D eigenvalue weighted by atomic mass is 16.5. The predicted molar refractivity (Wildman–Crippen MR) is 87.2 cm³/mol. The molecule has 0 saturated heterocycles. The second kappa shape index (κ2) is 9.65. The number of rotatable bonds is 7. The summed E-state index contributed by atoms with van der Waals surface area (Å²) in [5.74, 6) is 1.08. The number of carbonyl (C=O) groups excluding carboxylic acids is 1. The van der Waals surface area contributed by atoms with Gasteiger partial charge in [-0.3, -0.25) is 9.79 Å². The molecule has 22 heavy (non-hydrogen) atoms. The van der Waals surface area contributed by atoms with Gasteiger partial charge in [0, 0.05) is 20.1 Å². The lowest BCUT2D eigenvalue weighted by molar-refractivity contribution is -0.144. The van der Waals surface area contributed by atoms with Gasteiger partial charge in [0.15, 0.2) is 5.96 Å². The Hall–Kier alpha value is -2.24. The van der Waals surface area contributed by atoms with Gasteiger partial charge in [0.25, 0.3) is 0 Å². The van der Waals surface area contributed by atoms with E-state index in [0.29, 0.717) is 19.0 Å². The third-order valence-corrected chi connectivity index (χ3v) is 3.28. The molecule has 0 spiro atoms. The number of nitrogens with one attached hydrogen (secondary N) is 2. The van der Waals surface area contributed by atoms with Gasteiger partial charge in [-0.2, -0.15) is 0 Å².